The van der Waals surface area contributed by atoms with Crippen molar-refractivity contribution in [2.24, 2.45) is 5.92 Å². The number of nitrogens with zero attached hydrogens (tertiary/aromatic N) is 3. The Hall–Kier alpha value is -1.30. The molecule has 0 bridgehead atoms. The highest BCUT2D eigenvalue weighted by Gasteiger charge is 2.32. The number of piperidine rings is 1. The highest BCUT2D eigenvalue weighted by Crippen LogP contribution is 2.27. The lowest BCUT2D eigenvalue weighted by atomic mass is 10.0. The van der Waals surface area contributed by atoms with Crippen LogP contribution in [0.2, 0.25) is 0 Å². The lowest BCUT2D eigenvalue weighted by Crippen LogP contribution is -2.48. The van der Waals surface area contributed by atoms with Crippen LogP contribution >= 0.6 is 0 Å². The second kappa shape index (κ2) is 7.11. The van der Waals surface area contributed by atoms with E-state index in [0.717, 1.165) is 51.9 Å². The Kier molecular flexibility index (Phi) is 5.45. The van der Waals surface area contributed by atoms with Gasteiger partial charge < -0.3 is 14.9 Å². The third-order valence-electron chi connectivity index (χ3n) is 4.72. The fraction of sp³-hybridized carbons (Fsp3) is 0.867. The second-order valence-corrected chi connectivity index (χ2v) is 6.48. The van der Waals surface area contributed by atoms with Gasteiger partial charge in [0.25, 0.3) is 0 Å². The Labute approximate surface area is 126 Å². The normalized spacial score (nSPS) is 24.3. The molecule has 0 aliphatic carbocycles. The van der Waals surface area contributed by atoms with E-state index in [9.17, 15) is 9.59 Å². The third kappa shape index (κ3) is 4.33. The van der Waals surface area contributed by atoms with E-state index in [4.69, 9.17) is 5.11 Å². The Morgan fingerprint density at radius 1 is 1.14 bits per heavy atom. The van der Waals surface area contributed by atoms with Crippen molar-refractivity contribution >= 4 is 12.0 Å². The molecular weight excluding hydrogens is 270 g/mol. The summed E-state index contributed by atoms with van der Waals surface area (Å²) in [7, 11) is 3.59. The molecule has 2 rings (SSSR count). The Balaban J connectivity index is 1.73. The molecule has 1 unspecified atom stereocenters. The van der Waals surface area contributed by atoms with Gasteiger partial charge in [-0.3, -0.25) is 9.69 Å². The van der Waals surface area contributed by atoms with Crippen molar-refractivity contribution in [1.82, 2.24) is 14.7 Å². The van der Waals surface area contributed by atoms with Crippen LogP contribution in [0.15, 0.2) is 0 Å². The van der Waals surface area contributed by atoms with Crippen LogP contribution in [0.3, 0.4) is 0 Å². The number of likely N-dealkylation sites (tertiary alicyclic amines) is 2. The zero-order valence-corrected chi connectivity index (χ0v) is 13.1. The fourth-order valence-electron chi connectivity index (χ4n) is 3.46. The number of urea groups is 1. The minimum absolute atomic E-state index is 0.106. The van der Waals surface area contributed by atoms with Gasteiger partial charge in [-0.1, -0.05) is 0 Å². The molecule has 0 aromatic heterocycles. The summed E-state index contributed by atoms with van der Waals surface area (Å²) in [5.41, 5.74) is 0. The molecule has 2 aliphatic rings. The summed E-state index contributed by atoms with van der Waals surface area (Å²) in [5.74, 6) is -0.161. The van der Waals surface area contributed by atoms with Crippen molar-refractivity contribution in [1.29, 1.82) is 0 Å². The highest BCUT2D eigenvalue weighted by atomic mass is 16.4. The van der Waals surface area contributed by atoms with E-state index in [2.05, 4.69) is 4.90 Å². The first-order chi connectivity index (χ1) is 9.97. The minimum atomic E-state index is -0.691. The molecule has 0 radical (unpaired) electrons. The van der Waals surface area contributed by atoms with Crippen molar-refractivity contribution in [3.63, 3.8) is 0 Å². The largest absolute Gasteiger partial charge is 0.481 e. The van der Waals surface area contributed by atoms with Gasteiger partial charge in [-0.05, 0) is 38.1 Å². The lowest BCUT2D eigenvalue weighted by Gasteiger charge is -2.37. The summed E-state index contributed by atoms with van der Waals surface area (Å²) >= 11 is 0. The van der Waals surface area contributed by atoms with Crippen molar-refractivity contribution < 1.29 is 14.7 Å². The van der Waals surface area contributed by atoms with Gasteiger partial charge in [-0.25, -0.2) is 4.79 Å². The first-order valence-electron chi connectivity index (χ1n) is 7.89. The van der Waals surface area contributed by atoms with Gasteiger partial charge >= 0.3 is 12.0 Å². The molecule has 0 aromatic rings. The zero-order chi connectivity index (χ0) is 15.4. The van der Waals surface area contributed by atoms with Gasteiger partial charge in [-0.15, -0.1) is 0 Å². The average molecular weight is 297 g/mol. The maximum atomic E-state index is 11.9. The number of rotatable bonds is 4. The second-order valence-electron chi connectivity index (χ2n) is 6.48. The van der Waals surface area contributed by atoms with Crippen LogP contribution < -0.4 is 0 Å². The molecule has 2 heterocycles. The van der Waals surface area contributed by atoms with Gasteiger partial charge in [-0.2, -0.15) is 0 Å². The van der Waals surface area contributed by atoms with E-state index < -0.39 is 5.97 Å². The van der Waals surface area contributed by atoms with Crippen LogP contribution in [0.5, 0.6) is 0 Å². The predicted molar refractivity (Wildman–Crippen MR) is 80.2 cm³/mol. The average Bonchev–Trinajstić information content (AvgIpc) is 2.93. The topological polar surface area (TPSA) is 64.1 Å². The predicted octanol–water partition coefficient (Wildman–Crippen LogP) is 1.32. The molecule has 0 spiro atoms. The van der Waals surface area contributed by atoms with Crippen molar-refractivity contribution in [3.8, 4) is 0 Å². The van der Waals surface area contributed by atoms with Gasteiger partial charge in [0.1, 0.15) is 0 Å². The van der Waals surface area contributed by atoms with E-state index in [1.54, 1.807) is 19.0 Å². The van der Waals surface area contributed by atoms with E-state index in [1.165, 1.54) is 0 Å². The summed E-state index contributed by atoms with van der Waals surface area (Å²) in [6.45, 7) is 3.77. The molecule has 6 nitrogen and oxygen atoms in total. The maximum absolute atomic E-state index is 11.9. The number of carbonyl (C=O) groups is 2. The summed E-state index contributed by atoms with van der Waals surface area (Å²) in [6, 6.07) is 0.667. The van der Waals surface area contributed by atoms with E-state index in [0.29, 0.717) is 12.0 Å². The number of amides is 2. The van der Waals surface area contributed by atoms with Crippen molar-refractivity contribution in [2.75, 3.05) is 40.3 Å². The molecule has 2 fully saturated rings. The molecule has 6 heteroatoms. The maximum Gasteiger partial charge on any atom is 0.319 e. The molecule has 120 valence electrons. The molecule has 0 saturated carbocycles. The summed E-state index contributed by atoms with van der Waals surface area (Å²) < 4.78 is 0. The summed E-state index contributed by atoms with van der Waals surface area (Å²) in [6.07, 6.45) is 4.26. The number of aliphatic carboxylic acids is 1. The Morgan fingerprint density at radius 2 is 1.81 bits per heavy atom. The van der Waals surface area contributed by atoms with Gasteiger partial charge in [0.2, 0.25) is 0 Å². The van der Waals surface area contributed by atoms with Gasteiger partial charge in [0.15, 0.2) is 0 Å². The summed E-state index contributed by atoms with van der Waals surface area (Å²) in [4.78, 5) is 28.6. The molecule has 2 saturated heterocycles. The van der Waals surface area contributed by atoms with E-state index in [-0.39, 0.29) is 12.5 Å². The van der Waals surface area contributed by atoms with Crippen molar-refractivity contribution in [3.05, 3.63) is 0 Å². The molecule has 0 aromatic carbocycles. The molecule has 21 heavy (non-hydrogen) atoms. The minimum Gasteiger partial charge on any atom is -0.481 e. The summed E-state index contributed by atoms with van der Waals surface area (Å²) in [5, 5.41) is 8.76. The third-order valence-corrected chi connectivity index (χ3v) is 4.72. The smallest absolute Gasteiger partial charge is 0.319 e. The monoisotopic (exact) mass is 297 g/mol. The fourth-order valence-corrected chi connectivity index (χ4v) is 3.46. The van der Waals surface area contributed by atoms with Crippen LogP contribution in [0.4, 0.5) is 4.79 Å². The van der Waals surface area contributed by atoms with Crippen molar-refractivity contribution in [2.45, 2.75) is 38.1 Å². The van der Waals surface area contributed by atoms with Crippen LogP contribution in [0.25, 0.3) is 0 Å². The number of carbonyl (C=O) groups excluding carboxylic acids is 1. The molecule has 2 aliphatic heterocycles. The molecule has 1 N–H and O–H groups in total. The quantitative estimate of drug-likeness (QED) is 0.850. The standard InChI is InChI=1S/C15H27N3O3/c1-16(2)15(21)17-9-6-13(7-10-17)18-8-5-12(11-18)3-4-14(19)20/h12-13H,3-11H2,1-2H3,(H,19,20). The number of carboxylic acid groups (broad SMARTS) is 1. The van der Waals surface area contributed by atoms with Crippen LogP contribution in [-0.2, 0) is 4.79 Å². The Bertz CT molecular complexity index is 378. The Morgan fingerprint density at radius 3 is 2.38 bits per heavy atom. The SMILES string of the molecule is CN(C)C(=O)N1CCC(N2CCC(CCC(=O)O)C2)CC1. The van der Waals surface area contributed by atoms with E-state index in [1.807, 2.05) is 4.90 Å². The number of hydrogen-bond acceptors (Lipinski definition) is 3. The van der Waals surface area contributed by atoms with Crippen LogP contribution in [0.1, 0.15) is 32.1 Å². The first-order valence-corrected chi connectivity index (χ1v) is 7.89. The van der Waals surface area contributed by atoms with E-state index >= 15 is 0 Å². The molecular formula is C15H27N3O3. The van der Waals surface area contributed by atoms with Gasteiger partial charge in [0, 0.05) is 46.2 Å². The number of hydrogen-bond donors (Lipinski definition) is 1. The number of carboxylic acids is 1. The first kappa shape index (κ1) is 16.1. The molecule has 2 amide bonds. The molecule has 1 atom stereocenters. The highest BCUT2D eigenvalue weighted by molar-refractivity contribution is 5.73. The van der Waals surface area contributed by atoms with Gasteiger partial charge in [0.05, 0.1) is 0 Å². The zero-order valence-electron chi connectivity index (χ0n) is 13.1. The lowest BCUT2D eigenvalue weighted by molar-refractivity contribution is -0.137. The van der Waals surface area contributed by atoms with Crippen LogP contribution in [-0.4, -0.2) is 78.1 Å². The van der Waals surface area contributed by atoms with Crippen LogP contribution in [0, 0.1) is 5.92 Å².